The molecule has 0 fully saturated rings. The zero-order valence-corrected chi connectivity index (χ0v) is 11.3. The molecule has 0 unspecified atom stereocenters. The van der Waals surface area contributed by atoms with Crippen LogP contribution in [0.2, 0.25) is 10.0 Å². The van der Waals surface area contributed by atoms with Crippen molar-refractivity contribution in [3.8, 4) is 5.75 Å². The molecule has 2 rings (SSSR count). The monoisotopic (exact) mass is 278 g/mol. The zero-order chi connectivity index (χ0) is 13.1. The van der Waals surface area contributed by atoms with E-state index in [1.165, 1.54) is 0 Å². The van der Waals surface area contributed by atoms with Gasteiger partial charge in [0.1, 0.15) is 5.75 Å². The van der Waals surface area contributed by atoms with Gasteiger partial charge >= 0.3 is 0 Å². The molecule has 0 aromatic heterocycles. The lowest BCUT2D eigenvalue weighted by molar-refractivity contribution is 0.471. The Morgan fingerprint density at radius 1 is 0.889 bits per heavy atom. The third-order valence-corrected chi connectivity index (χ3v) is 3.01. The number of rotatable bonds is 2. The molecular weight excluding hydrogens is 267 g/mol. The second-order valence-electron chi connectivity index (χ2n) is 4.08. The highest BCUT2D eigenvalue weighted by Gasteiger charge is 1.97. The molecule has 0 saturated carbocycles. The van der Waals surface area contributed by atoms with Gasteiger partial charge in [-0.05, 0) is 53.9 Å². The second kappa shape index (κ2) is 5.47. The molecule has 2 aromatic carbocycles. The molecule has 1 nitrogen and oxygen atoms in total. The van der Waals surface area contributed by atoms with Crippen LogP contribution in [0.15, 0.2) is 36.4 Å². The molecule has 0 heterocycles. The van der Waals surface area contributed by atoms with Crippen molar-refractivity contribution in [2.75, 3.05) is 0 Å². The molecule has 0 aliphatic rings. The summed E-state index contributed by atoms with van der Waals surface area (Å²) in [5, 5.41) is 10.7. The minimum atomic E-state index is 0.304. The van der Waals surface area contributed by atoms with Crippen LogP contribution in [0.4, 0.5) is 0 Å². The van der Waals surface area contributed by atoms with Crippen LogP contribution in [0.25, 0.3) is 12.2 Å². The summed E-state index contributed by atoms with van der Waals surface area (Å²) >= 11 is 11.9. The van der Waals surface area contributed by atoms with Crippen LogP contribution in [0, 0.1) is 6.92 Å². The number of phenols is 1. The van der Waals surface area contributed by atoms with Gasteiger partial charge in [0, 0.05) is 10.0 Å². The van der Waals surface area contributed by atoms with E-state index in [9.17, 15) is 5.11 Å². The Balaban J connectivity index is 2.27. The number of hydrogen-bond donors (Lipinski definition) is 1. The Bertz CT molecular complexity index is 583. The summed E-state index contributed by atoms with van der Waals surface area (Å²) in [7, 11) is 0. The van der Waals surface area contributed by atoms with E-state index in [0.717, 1.165) is 16.7 Å². The van der Waals surface area contributed by atoms with Gasteiger partial charge in [-0.15, -0.1) is 0 Å². The van der Waals surface area contributed by atoms with Crippen LogP contribution >= 0.6 is 23.2 Å². The molecule has 2 aromatic rings. The van der Waals surface area contributed by atoms with Crippen molar-refractivity contribution in [1.82, 2.24) is 0 Å². The number of benzene rings is 2. The van der Waals surface area contributed by atoms with Crippen LogP contribution in [0.5, 0.6) is 5.75 Å². The first-order valence-electron chi connectivity index (χ1n) is 5.48. The van der Waals surface area contributed by atoms with Crippen molar-refractivity contribution < 1.29 is 5.11 Å². The summed E-state index contributed by atoms with van der Waals surface area (Å²) in [6, 6.07) is 10.8. The summed E-state index contributed by atoms with van der Waals surface area (Å²) in [6.07, 6.45) is 3.89. The number of aromatic hydroxyl groups is 1. The Hall–Kier alpha value is -1.44. The summed E-state index contributed by atoms with van der Waals surface area (Å²) in [5.74, 6) is 0.304. The SMILES string of the molecule is Cc1cc(/C=C/c2cc(Cl)cc(Cl)c2)ccc1O. The smallest absolute Gasteiger partial charge is 0.118 e. The Labute approximate surface area is 116 Å². The van der Waals surface area contributed by atoms with Gasteiger partial charge in [0.15, 0.2) is 0 Å². The van der Waals surface area contributed by atoms with E-state index in [0.29, 0.717) is 15.8 Å². The number of aryl methyl sites for hydroxylation is 1. The minimum absolute atomic E-state index is 0.304. The van der Waals surface area contributed by atoms with Crippen LogP contribution in [-0.4, -0.2) is 5.11 Å². The number of hydrogen-bond acceptors (Lipinski definition) is 1. The molecule has 0 bridgehead atoms. The van der Waals surface area contributed by atoms with Crippen molar-refractivity contribution >= 4 is 35.4 Å². The third-order valence-electron chi connectivity index (χ3n) is 2.57. The van der Waals surface area contributed by atoms with Crippen LogP contribution in [-0.2, 0) is 0 Å². The van der Waals surface area contributed by atoms with E-state index >= 15 is 0 Å². The van der Waals surface area contributed by atoms with Gasteiger partial charge in [-0.2, -0.15) is 0 Å². The molecule has 0 radical (unpaired) electrons. The molecule has 0 aliphatic carbocycles. The largest absolute Gasteiger partial charge is 0.508 e. The Morgan fingerprint density at radius 2 is 1.50 bits per heavy atom. The fraction of sp³-hybridized carbons (Fsp3) is 0.0667. The zero-order valence-electron chi connectivity index (χ0n) is 9.82. The summed E-state index contributed by atoms with van der Waals surface area (Å²) < 4.78 is 0. The summed E-state index contributed by atoms with van der Waals surface area (Å²) in [6.45, 7) is 1.86. The van der Waals surface area contributed by atoms with Gasteiger partial charge in [0.25, 0.3) is 0 Å². The first-order valence-corrected chi connectivity index (χ1v) is 6.24. The summed E-state index contributed by atoms with van der Waals surface area (Å²) in [5.41, 5.74) is 2.81. The molecule has 0 atom stereocenters. The molecular formula is C15H12Cl2O. The highest BCUT2D eigenvalue weighted by molar-refractivity contribution is 6.34. The van der Waals surface area contributed by atoms with Gasteiger partial charge in [0.05, 0.1) is 0 Å². The number of phenolic OH excluding ortho intramolecular Hbond substituents is 1. The first-order chi connectivity index (χ1) is 8.54. The maximum atomic E-state index is 9.44. The van der Waals surface area contributed by atoms with E-state index < -0.39 is 0 Å². The normalized spacial score (nSPS) is 11.1. The molecule has 0 amide bonds. The van der Waals surface area contributed by atoms with Crippen molar-refractivity contribution in [2.45, 2.75) is 6.92 Å². The fourth-order valence-corrected chi connectivity index (χ4v) is 2.19. The second-order valence-corrected chi connectivity index (χ2v) is 4.95. The fourth-order valence-electron chi connectivity index (χ4n) is 1.65. The Kier molecular flexibility index (Phi) is 3.95. The third kappa shape index (κ3) is 3.28. The molecule has 1 N–H and O–H groups in total. The van der Waals surface area contributed by atoms with E-state index in [1.807, 2.05) is 43.3 Å². The predicted octanol–water partition coefficient (Wildman–Crippen LogP) is 5.18. The average Bonchev–Trinajstić information content (AvgIpc) is 2.29. The van der Waals surface area contributed by atoms with Crippen molar-refractivity contribution in [3.63, 3.8) is 0 Å². The lowest BCUT2D eigenvalue weighted by Gasteiger charge is -2.00. The van der Waals surface area contributed by atoms with Gasteiger partial charge in [-0.1, -0.05) is 41.4 Å². The van der Waals surface area contributed by atoms with E-state index in [2.05, 4.69) is 0 Å². The van der Waals surface area contributed by atoms with E-state index in [4.69, 9.17) is 23.2 Å². The molecule has 3 heteroatoms. The van der Waals surface area contributed by atoms with Gasteiger partial charge in [-0.25, -0.2) is 0 Å². The molecule has 0 spiro atoms. The molecule has 0 aliphatic heterocycles. The quantitative estimate of drug-likeness (QED) is 0.751. The highest BCUT2D eigenvalue weighted by Crippen LogP contribution is 2.22. The van der Waals surface area contributed by atoms with E-state index in [-0.39, 0.29) is 0 Å². The topological polar surface area (TPSA) is 20.2 Å². The van der Waals surface area contributed by atoms with Gasteiger partial charge in [0.2, 0.25) is 0 Å². The first kappa shape index (κ1) is 13.0. The lowest BCUT2D eigenvalue weighted by atomic mass is 10.1. The molecule has 92 valence electrons. The minimum Gasteiger partial charge on any atom is -0.508 e. The lowest BCUT2D eigenvalue weighted by Crippen LogP contribution is -1.78. The number of halogens is 2. The van der Waals surface area contributed by atoms with Crippen LogP contribution in [0.3, 0.4) is 0 Å². The van der Waals surface area contributed by atoms with Crippen LogP contribution < -0.4 is 0 Å². The van der Waals surface area contributed by atoms with Crippen LogP contribution in [0.1, 0.15) is 16.7 Å². The summed E-state index contributed by atoms with van der Waals surface area (Å²) in [4.78, 5) is 0. The maximum Gasteiger partial charge on any atom is 0.118 e. The maximum absolute atomic E-state index is 9.44. The Morgan fingerprint density at radius 3 is 2.11 bits per heavy atom. The molecule has 0 saturated heterocycles. The van der Waals surface area contributed by atoms with E-state index in [1.54, 1.807) is 12.1 Å². The van der Waals surface area contributed by atoms with Gasteiger partial charge in [-0.3, -0.25) is 0 Å². The van der Waals surface area contributed by atoms with Crippen molar-refractivity contribution in [2.24, 2.45) is 0 Å². The van der Waals surface area contributed by atoms with Crippen molar-refractivity contribution in [3.05, 3.63) is 63.1 Å². The highest BCUT2D eigenvalue weighted by atomic mass is 35.5. The van der Waals surface area contributed by atoms with Gasteiger partial charge < -0.3 is 5.11 Å². The van der Waals surface area contributed by atoms with Crippen molar-refractivity contribution in [1.29, 1.82) is 0 Å². The predicted molar refractivity (Wildman–Crippen MR) is 78.2 cm³/mol. The standard InChI is InChI=1S/C15H12Cl2O/c1-10-6-11(4-5-15(10)18)2-3-12-7-13(16)9-14(17)8-12/h2-9,18H,1H3/b3-2+. The molecule has 18 heavy (non-hydrogen) atoms. The average molecular weight is 279 g/mol.